The average Bonchev–Trinajstić information content (AvgIpc) is 2.61. The van der Waals surface area contributed by atoms with E-state index in [-0.39, 0.29) is 5.78 Å². The lowest BCUT2D eigenvalue weighted by molar-refractivity contribution is 0.0318. The normalized spacial score (nSPS) is 11.6. The zero-order valence-electron chi connectivity index (χ0n) is 13.2. The summed E-state index contributed by atoms with van der Waals surface area (Å²) in [5, 5.41) is 0. The van der Waals surface area contributed by atoms with Gasteiger partial charge in [-0.3, -0.25) is 4.79 Å². The Kier molecular flexibility index (Phi) is 5.82. The van der Waals surface area contributed by atoms with Crippen LogP contribution in [0.5, 0.6) is 5.75 Å². The Labute approximate surface area is 139 Å². The van der Waals surface area contributed by atoms with Crippen molar-refractivity contribution in [2.24, 2.45) is 0 Å². The zero-order valence-corrected chi connectivity index (χ0v) is 14.1. The first-order valence-electron chi connectivity index (χ1n) is 7.08. The van der Waals surface area contributed by atoms with E-state index in [4.69, 9.17) is 9.47 Å². The van der Waals surface area contributed by atoms with Gasteiger partial charge in [-0.2, -0.15) is 0 Å². The molecule has 0 bridgehead atoms. The van der Waals surface area contributed by atoms with Crippen molar-refractivity contribution in [1.82, 2.24) is 0 Å². The first-order chi connectivity index (χ1) is 11.0. The Morgan fingerprint density at radius 2 is 1.52 bits per heavy atom. The van der Waals surface area contributed by atoms with Crippen LogP contribution in [0.2, 0.25) is 0 Å². The number of benzene rings is 2. The van der Waals surface area contributed by atoms with Gasteiger partial charge in [-0.05, 0) is 61.7 Å². The van der Waals surface area contributed by atoms with E-state index in [0.717, 1.165) is 4.90 Å². The monoisotopic (exact) mass is 330 g/mol. The van der Waals surface area contributed by atoms with Gasteiger partial charge >= 0.3 is 5.97 Å². The Morgan fingerprint density at radius 1 is 0.957 bits per heavy atom. The lowest BCUT2D eigenvalue weighted by Crippen LogP contribution is -2.24. The van der Waals surface area contributed by atoms with Crippen LogP contribution in [0.1, 0.15) is 27.6 Å². The maximum atomic E-state index is 12.3. The molecule has 0 fully saturated rings. The molecule has 4 nitrogen and oxygen atoms in total. The molecule has 5 heteroatoms. The summed E-state index contributed by atoms with van der Waals surface area (Å²) < 4.78 is 10.3. The van der Waals surface area contributed by atoms with E-state index in [1.165, 1.54) is 0 Å². The second-order valence-corrected chi connectivity index (χ2v) is 5.75. The first kappa shape index (κ1) is 17.1. The van der Waals surface area contributed by atoms with Gasteiger partial charge in [0.1, 0.15) is 5.75 Å². The molecule has 0 radical (unpaired) electrons. The minimum absolute atomic E-state index is 0.248. The highest BCUT2D eigenvalue weighted by atomic mass is 32.2. The molecule has 0 heterocycles. The largest absolute Gasteiger partial charge is 0.497 e. The maximum absolute atomic E-state index is 12.3. The van der Waals surface area contributed by atoms with E-state index in [2.05, 4.69) is 0 Å². The van der Waals surface area contributed by atoms with Crippen molar-refractivity contribution in [3.05, 3.63) is 59.7 Å². The molecular weight excluding hydrogens is 312 g/mol. The summed E-state index contributed by atoms with van der Waals surface area (Å²) in [6, 6.07) is 13.8. The summed E-state index contributed by atoms with van der Waals surface area (Å²) in [5.74, 6) is -0.0890. The molecule has 0 aliphatic carbocycles. The van der Waals surface area contributed by atoms with E-state index < -0.39 is 12.1 Å². The molecule has 2 aromatic rings. The number of ether oxygens (including phenoxy) is 2. The molecule has 2 rings (SSSR count). The van der Waals surface area contributed by atoms with Gasteiger partial charge in [-0.15, -0.1) is 11.8 Å². The van der Waals surface area contributed by atoms with Crippen LogP contribution >= 0.6 is 11.8 Å². The summed E-state index contributed by atoms with van der Waals surface area (Å²) in [6.45, 7) is 1.57. The molecule has 0 N–H and O–H groups in total. The second kappa shape index (κ2) is 7.83. The van der Waals surface area contributed by atoms with Gasteiger partial charge in [0.2, 0.25) is 5.78 Å². The van der Waals surface area contributed by atoms with E-state index >= 15 is 0 Å². The number of hydrogen-bond donors (Lipinski definition) is 0. The van der Waals surface area contributed by atoms with Crippen molar-refractivity contribution in [1.29, 1.82) is 0 Å². The molecule has 0 saturated carbocycles. The number of rotatable bonds is 6. The molecular formula is C18H18O4S. The van der Waals surface area contributed by atoms with Crippen molar-refractivity contribution in [2.45, 2.75) is 17.9 Å². The van der Waals surface area contributed by atoms with Crippen molar-refractivity contribution in [3.63, 3.8) is 0 Å². The Bertz CT molecular complexity index is 677. The fraction of sp³-hybridized carbons (Fsp3) is 0.222. The predicted octanol–water partition coefficient (Wildman–Crippen LogP) is 3.85. The van der Waals surface area contributed by atoms with Crippen LogP contribution < -0.4 is 4.74 Å². The minimum atomic E-state index is -0.851. The molecule has 0 saturated heterocycles. The molecule has 0 aromatic heterocycles. The lowest BCUT2D eigenvalue weighted by Gasteiger charge is -2.13. The highest BCUT2D eigenvalue weighted by molar-refractivity contribution is 7.98. The van der Waals surface area contributed by atoms with Gasteiger partial charge in [-0.25, -0.2) is 4.79 Å². The molecule has 1 atom stereocenters. The van der Waals surface area contributed by atoms with Crippen LogP contribution in [0.3, 0.4) is 0 Å². The third-order valence-corrected chi connectivity index (χ3v) is 4.10. The molecule has 2 aromatic carbocycles. The zero-order chi connectivity index (χ0) is 16.8. The molecule has 0 aliphatic rings. The van der Waals surface area contributed by atoms with Crippen LogP contribution in [0.4, 0.5) is 0 Å². The Morgan fingerprint density at radius 3 is 2.04 bits per heavy atom. The van der Waals surface area contributed by atoms with Gasteiger partial charge in [0.05, 0.1) is 12.7 Å². The maximum Gasteiger partial charge on any atom is 0.338 e. The van der Waals surface area contributed by atoms with Gasteiger partial charge in [0, 0.05) is 10.5 Å². The summed E-state index contributed by atoms with van der Waals surface area (Å²) in [7, 11) is 1.56. The topological polar surface area (TPSA) is 52.6 Å². The SMILES string of the molecule is COc1ccc(C(=O)[C@H](C)OC(=O)c2ccc(SC)cc2)cc1. The number of thioether (sulfide) groups is 1. The van der Waals surface area contributed by atoms with Crippen LogP contribution in [0.15, 0.2) is 53.4 Å². The smallest absolute Gasteiger partial charge is 0.338 e. The molecule has 120 valence electrons. The van der Waals surface area contributed by atoms with Crippen LogP contribution in [-0.2, 0) is 4.74 Å². The molecule has 0 aliphatic heterocycles. The summed E-state index contributed by atoms with van der Waals surface area (Å²) in [6.07, 6.45) is 1.11. The average molecular weight is 330 g/mol. The van der Waals surface area contributed by atoms with Crippen LogP contribution in [0.25, 0.3) is 0 Å². The predicted molar refractivity (Wildman–Crippen MR) is 90.4 cm³/mol. The molecule has 23 heavy (non-hydrogen) atoms. The number of ketones is 1. The van der Waals surface area contributed by atoms with Crippen molar-refractivity contribution < 1.29 is 19.1 Å². The fourth-order valence-corrected chi connectivity index (χ4v) is 2.41. The summed E-state index contributed by atoms with van der Waals surface area (Å²) in [5.41, 5.74) is 0.904. The third kappa shape index (κ3) is 4.36. The van der Waals surface area contributed by atoms with Gasteiger partial charge in [0.25, 0.3) is 0 Å². The first-order valence-corrected chi connectivity index (χ1v) is 8.31. The third-order valence-electron chi connectivity index (χ3n) is 3.35. The highest BCUT2D eigenvalue weighted by Crippen LogP contribution is 2.17. The molecule has 0 unspecified atom stereocenters. The second-order valence-electron chi connectivity index (χ2n) is 4.87. The van der Waals surface area contributed by atoms with Gasteiger partial charge in [-0.1, -0.05) is 0 Å². The van der Waals surface area contributed by atoms with Crippen LogP contribution in [0, 0.1) is 0 Å². The van der Waals surface area contributed by atoms with Gasteiger partial charge < -0.3 is 9.47 Å². The number of carbonyl (C=O) groups excluding carboxylic acids is 2. The van der Waals surface area contributed by atoms with E-state index in [1.54, 1.807) is 62.2 Å². The Balaban J connectivity index is 2.02. The van der Waals surface area contributed by atoms with Crippen molar-refractivity contribution in [2.75, 3.05) is 13.4 Å². The lowest BCUT2D eigenvalue weighted by atomic mass is 10.1. The van der Waals surface area contributed by atoms with Crippen molar-refractivity contribution in [3.8, 4) is 5.75 Å². The number of esters is 1. The number of hydrogen-bond acceptors (Lipinski definition) is 5. The minimum Gasteiger partial charge on any atom is -0.497 e. The fourth-order valence-electron chi connectivity index (χ4n) is 2.00. The number of carbonyl (C=O) groups is 2. The summed E-state index contributed by atoms with van der Waals surface area (Å²) >= 11 is 1.59. The number of Topliss-reactive ketones (excluding diaryl/α,β-unsaturated/α-hetero) is 1. The van der Waals surface area contributed by atoms with E-state index in [1.807, 2.05) is 18.4 Å². The summed E-state index contributed by atoms with van der Waals surface area (Å²) in [4.78, 5) is 25.4. The van der Waals surface area contributed by atoms with E-state index in [0.29, 0.717) is 16.9 Å². The standard InChI is InChI=1S/C18H18O4S/c1-12(17(19)13-4-8-15(21-2)9-5-13)22-18(20)14-6-10-16(23-3)11-7-14/h4-12H,1-3H3/t12-/m0/s1. The number of methoxy groups -OCH3 is 1. The van der Waals surface area contributed by atoms with Crippen LogP contribution in [-0.4, -0.2) is 31.2 Å². The van der Waals surface area contributed by atoms with E-state index in [9.17, 15) is 9.59 Å². The Hall–Kier alpha value is -2.27. The van der Waals surface area contributed by atoms with Gasteiger partial charge in [0.15, 0.2) is 6.10 Å². The van der Waals surface area contributed by atoms with Crippen molar-refractivity contribution >= 4 is 23.5 Å². The molecule has 0 amide bonds. The molecule has 0 spiro atoms. The quantitative estimate of drug-likeness (QED) is 0.457. The highest BCUT2D eigenvalue weighted by Gasteiger charge is 2.20.